The van der Waals surface area contributed by atoms with Gasteiger partial charge in [0.15, 0.2) is 0 Å². The second-order valence-corrected chi connectivity index (χ2v) is 2.86. The third-order valence-electron chi connectivity index (χ3n) is 1.39. The monoisotopic (exact) mass is 260 g/mol. The molecule has 0 atom stereocenters. The van der Waals surface area contributed by atoms with Crippen molar-refractivity contribution in [1.29, 1.82) is 0 Å². The predicted molar refractivity (Wildman–Crippen MR) is 61.2 cm³/mol. The fraction of sp³-hybridized carbons (Fsp3) is 0.667. The summed E-state index contributed by atoms with van der Waals surface area (Å²) in [6.07, 6.45) is 3.60. The fourth-order valence-corrected chi connectivity index (χ4v) is 0.602. The average Bonchev–Trinajstić information content (AvgIpc) is 2.30. The van der Waals surface area contributed by atoms with Crippen molar-refractivity contribution >= 4 is 23.9 Å². The van der Waals surface area contributed by atoms with Crippen molar-refractivity contribution in [3.8, 4) is 0 Å². The second-order valence-electron chi connectivity index (χ2n) is 2.86. The number of Topliss-reactive ketones (excluding diaryl/α,β-unsaturated/α-hetero) is 2. The summed E-state index contributed by atoms with van der Waals surface area (Å²) in [6, 6.07) is 0. The number of carbonyl (C=O) groups is 2. The van der Waals surface area contributed by atoms with Crippen LogP contribution in [0.1, 0.15) is 53.4 Å². The minimum Gasteiger partial charge on any atom is -0.300 e. The smallest absolute Gasteiger partial charge is 0.300 e. The van der Waals surface area contributed by atoms with Crippen LogP contribution in [-0.2, 0) is 28.8 Å². The van der Waals surface area contributed by atoms with Crippen molar-refractivity contribution < 1.29 is 28.8 Å². The molecule has 0 amide bonds. The van der Waals surface area contributed by atoms with Gasteiger partial charge >= 0.3 is 12.3 Å². The lowest BCUT2D eigenvalue weighted by Gasteiger charge is -1.81. The summed E-state index contributed by atoms with van der Waals surface area (Å²) in [4.78, 5) is 52.7. The Morgan fingerprint density at radius 1 is 0.833 bits per heavy atom. The molecule has 0 N–H and O–H groups in total. The van der Waals surface area contributed by atoms with Gasteiger partial charge in [-0.15, -0.1) is 0 Å². The van der Waals surface area contributed by atoms with Gasteiger partial charge < -0.3 is 4.79 Å². The molecule has 6 nitrogen and oxygen atoms in total. The zero-order chi connectivity index (χ0) is 15.4. The number of hydrogen-bond acceptors (Lipinski definition) is 6. The minimum absolute atomic E-state index is 0.250. The van der Waals surface area contributed by atoms with Crippen LogP contribution in [0.4, 0.5) is 0 Å². The molecule has 104 valence electrons. The standard InChI is InChI=1S/2C5H10O.2CO2/c1-3-4-5(2)6;1-3-5(6)4-2;2*2-1-3/h2*3-4H2,1-2H3;;. The molecule has 0 rings (SSSR count). The Kier molecular flexibility index (Phi) is 41.0. The molecule has 0 bridgehead atoms. The summed E-state index contributed by atoms with van der Waals surface area (Å²) in [5.74, 6) is 0.632. The van der Waals surface area contributed by atoms with E-state index in [0.717, 1.165) is 12.8 Å². The van der Waals surface area contributed by atoms with E-state index in [4.69, 9.17) is 19.2 Å². The fourth-order valence-electron chi connectivity index (χ4n) is 0.602. The molecule has 0 radical (unpaired) electrons. The van der Waals surface area contributed by atoms with E-state index in [-0.39, 0.29) is 18.1 Å². The van der Waals surface area contributed by atoms with E-state index in [1.165, 1.54) is 0 Å². The van der Waals surface area contributed by atoms with Gasteiger partial charge in [-0.25, -0.2) is 0 Å². The van der Waals surface area contributed by atoms with E-state index >= 15 is 0 Å². The minimum atomic E-state index is 0.250. The van der Waals surface area contributed by atoms with Gasteiger partial charge in [0.05, 0.1) is 0 Å². The lowest BCUT2D eigenvalue weighted by molar-refractivity contribution is -0.193. The highest BCUT2D eigenvalue weighted by atomic mass is 16.2. The Morgan fingerprint density at radius 2 is 1.11 bits per heavy atom. The van der Waals surface area contributed by atoms with Gasteiger partial charge in [0, 0.05) is 19.3 Å². The van der Waals surface area contributed by atoms with Crippen LogP contribution in [0, 0.1) is 0 Å². The molecule has 0 saturated carbocycles. The Hall–Kier alpha value is -1.90. The van der Waals surface area contributed by atoms with E-state index in [1.54, 1.807) is 6.92 Å². The molecular formula is C12H20O6. The molecule has 0 saturated heterocycles. The van der Waals surface area contributed by atoms with Crippen LogP contribution in [0.5, 0.6) is 0 Å². The summed E-state index contributed by atoms with van der Waals surface area (Å²) in [6.45, 7) is 7.38. The topological polar surface area (TPSA) is 102 Å². The highest BCUT2D eigenvalue weighted by Gasteiger charge is 1.86. The van der Waals surface area contributed by atoms with Crippen molar-refractivity contribution in [1.82, 2.24) is 0 Å². The van der Waals surface area contributed by atoms with Gasteiger partial charge in [-0.1, -0.05) is 20.8 Å². The highest BCUT2D eigenvalue weighted by Crippen LogP contribution is 1.84. The lowest BCUT2D eigenvalue weighted by Crippen LogP contribution is -1.88. The van der Waals surface area contributed by atoms with E-state index in [1.807, 2.05) is 20.8 Å². The van der Waals surface area contributed by atoms with Crippen LogP contribution < -0.4 is 0 Å². The normalized spacial score (nSPS) is 6.44. The van der Waals surface area contributed by atoms with Crippen molar-refractivity contribution in [2.45, 2.75) is 53.4 Å². The molecule has 0 aliphatic heterocycles. The third-order valence-corrected chi connectivity index (χ3v) is 1.39. The van der Waals surface area contributed by atoms with Gasteiger partial charge in [-0.3, -0.25) is 4.79 Å². The van der Waals surface area contributed by atoms with Crippen LogP contribution in [0.3, 0.4) is 0 Å². The molecule has 0 heterocycles. The lowest BCUT2D eigenvalue weighted by atomic mass is 10.3. The van der Waals surface area contributed by atoms with Gasteiger partial charge in [-0.2, -0.15) is 19.2 Å². The van der Waals surface area contributed by atoms with Crippen molar-refractivity contribution in [3.05, 3.63) is 0 Å². The Bertz CT molecular complexity index is 240. The van der Waals surface area contributed by atoms with E-state index in [0.29, 0.717) is 18.6 Å². The molecule has 6 heteroatoms. The van der Waals surface area contributed by atoms with Crippen LogP contribution in [-0.4, -0.2) is 23.9 Å². The van der Waals surface area contributed by atoms with Gasteiger partial charge in [0.25, 0.3) is 0 Å². The molecule has 0 aromatic heterocycles. The van der Waals surface area contributed by atoms with Crippen LogP contribution in [0.15, 0.2) is 0 Å². The Labute approximate surface area is 107 Å². The summed E-state index contributed by atoms with van der Waals surface area (Å²) in [7, 11) is 0. The molecule has 18 heavy (non-hydrogen) atoms. The molecule has 0 unspecified atom stereocenters. The number of carbonyl (C=O) groups excluding carboxylic acids is 6. The molecule has 0 aromatic rings. The quantitative estimate of drug-likeness (QED) is 0.760. The molecule has 0 aliphatic carbocycles. The van der Waals surface area contributed by atoms with Gasteiger partial charge in [0.1, 0.15) is 11.6 Å². The summed E-state index contributed by atoms with van der Waals surface area (Å²) in [5.41, 5.74) is 0. The third kappa shape index (κ3) is 93.0. The first-order valence-corrected chi connectivity index (χ1v) is 5.41. The Morgan fingerprint density at radius 3 is 1.11 bits per heavy atom. The zero-order valence-corrected chi connectivity index (χ0v) is 11.3. The maximum atomic E-state index is 10.2. The van der Waals surface area contributed by atoms with Crippen LogP contribution in [0.2, 0.25) is 0 Å². The molecular weight excluding hydrogens is 240 g/mol. The Balaban J connectivity index is -0.0000000770. The summed E-state index contributed by atoms with van der Waals surface area (Å²) >= 11 is 0. The van der Waals surface area contributed by atoms with E-state index in [9.17, 15) is 9.59 Å². The maximum Gasteiger partial charge on any atom is 0.373 e. The van der Waals surface area contributed by atoms with Crippen LogP contribution >= 0.6 is 0 Å². The highest BCUT2D eigenvalue weighted by molar-refractivity contribution is 5.77. The average molecular weight is 260 g/mol. The first-order chi connectivity index (χ1) is 8.41. The van der Waals surface area contributed by atoms with E-state index < -0.39 is 0 Å². The van der Waals surface area contributed by atoms with E-state index in [2.05, 4.69) is 0 Å². The first kappa shape index (κ1) is 25.1. The second kappa shape index (κ2) is 29.4. The predicted octanol–water partition coefficient (Wildman–Crippen LogP) is 1.58. The number of ketones is 2. The SMILES string of the molecule is CCC(=O)CC.CCCC(C)=O.O=C=O.O=C=O. The number of rotatable bonds is 4. The molecule has 0 fully saturated rings. The molecule has 0 aromatic carbocycles. The maximum absolute atomic E-state index is 10.2. The van der Waals surface area contributed by atoms with Crippen molar-refractivity contribution in [2.24, 2.45) is 0 Å². The number of hydrogen-bond donors (Lipinski definition) is 0. The van der Waals surface area contributed by atoms with Crippen LogP contribution in [0.25, 0.3) is 0 Å². The van der Waals surface area contributed by atoms with Gasteiger partial charge in [0.2, 0.25) is 0 Å². The van der Waals surface area contributed by atoms with Crippen molar-refractivity contribution in [2.75, 3.05) is 0 Å². The summed E-state index contributed by atoms with van der Waals surface area (Å²) < 4.78 is 0. The first-order valence-electron chi connectivity index (χ1n) is 5.41. The zero-order valence-electron chi connectivity index (χ0n) is 11.3. The molecule has 0 aliphatic rings. The summed E-state index contributed by atoms with van der Waals surface area (Å²) in [5, 5.41) is 0. The largest absolute Gasteiger partial charge is 0.373 e. The molecule has 0 spiro atoms. The van der Waals surface area contributed by atoms with Gasteiger partial charge in [-0.05, 0) is 13.3 Å². The van der Waals surface area contributed by atoms with Crippen molar-refractivity contribution in [3.63, 3.8) is 0 Å².